The van der Waals surface area contributed by atoms with Gasteiger partial charge in [0.25, 0.3) is 0 Å². The van der Waals surface area contributed by atoms with Gasteiger partial charge in [-0.1, -0.05) is 36.4 Å². The summed E-state index contributed by atoms with van der Waals surface area (Å²) in [7, 11) is 0. The molecule has 4 aromatic carbocycles. The highest BCUT2D eigenvalue weighted by Crippen LogP contribution is 2.39. The molecule has 31 heavy (non-hydrogen) atoms. The SMILES string of the molecule is N#Cc1ccc(Oc2ccc(Oc3ccccc3)cc2Oc2ccccc2)cc1C#N. The van der Waals surface area contributed by atoms with Gasteiger partial charge in [-0.15, -0.1) is 0 Å². The molecule has 0 spiro atoms. The van der Waals surface area contributed by atoms with Crippen LogP contribution in [0.2, 0.25) is 0 Å². The Hall–Kier alpha value is -4.74. The fourth-order valence-corrected chi connectivity index (χ4v) is 2.86. The van der Waals surface area contributed by atoms with Crippen molar-refractivity contribution in [1.82, 2.24) is 0 Å². The number of hydrogen-bond donors (Lipinski definition) is 0. The Labute approximate surface area is 179 Å². The first-order valence-electron chi connectivity index (χ1n) is 9.47. The van der Waals surface area contributed by atoms with Gasteiger partial charge in [0, 0.05) is 6.07 Å². The van der Waals surface area contributed by atoms with Gasteiger partial charge < -0.3 is 14.2 Å². The normalized spacial score (nSPS) is 9.87. The standard InChI is InChI=1S/C26H16N2O3/c27-17-19-11-12-23(15-20(19)18-28)31-25-14-13-24(29-21-7-3-1-4-8-21)16-26(25)30-22-9-5-2-6-10-22/h1-16H. The van der Waals surface area contributed by atoms with Gasteiger partial charge in [-0.25, -0.2) is 0 Å². The van der Waals surface area contributed by atoms with Gasteiger partial charge in [-0.3, -0.25) is 0 Å². The van der Waals surface area contributed by atoms with E-state index < -0.39 is 0 Å². The second-order valence-electron chi connectivity index (χ2n) is 6.47. The molecule has 148 valence electrons. The van der Waals surface area contributed by atoms with Crippen LogP contribution in [0.4, 0.5) is 0 Å². The molecule has 4 rings (SSSR count). The summed E-state index contributed by atoms with van der Waals surface area (Å²) in [6, 6.07) is 32.7. The fraction of sp³-hybridized carbons (Fsp3) is 0. The number of hydrogen-bond acceptors (Lipinski definition) is 5. The van der Waals surface area contributed by atoms with Crippen LogP contribution in [-0.2, 0) is 0 Å². The van der Waals surface area contributed by atoms with E-state index in [0.29, 0.717) is 40.1 Å². The fourth-order valence-electron chi connectivity index (χ4n) is 2.86. The van der Waals surface area contributed by atoms with E-state index in [2.05, 4.69) is 0 Å². The number of benzene rings is 4. The van der Waals surface area contributed by atoms with E-state index in [4.69, 9.17) is 19.5 Å². The zero-order valence-corrected chi connectivity index (χ0v) is 16.4. The zero-order valence-electron chi connectivity index (χ0n) is 16.4. The Morgan fingerprint density at radius 3 is 1.65 bits per heavy atom. The van der Waals surface area contributed by atoms with E-state index in [9.17, 15) is 5.26 Å². The Kier molecular flexibility index (Phi) is 5.79. The van der Waals surface area contributed by atoms with E-state index in [0.717, 1.165) is 0 Å². The molecule has 0 aromatic heterocycles. The van der Waals surface area contributed by atoms with Crippen molar-refractivity contribution in [2.45, 2.75) is 0 Å². The lowest BCUT2D eigenvalue weighted by molar-refractivity contribution is 0.412. The smallest absolute Gasteiger partial charge is 0.173 e. The van der Waals surface area contributed by atoms with Gasteiger partial charge in [0.1, 0.15) is 35.1 Å². The highest BCUT2D eigenvalue weighted by Gasteiger charge is 2.12. The maximum absolute atomic E-state index is 9.27. The zero-order chi connectivity index (χ0) is 21.5. The quantitative estimate of drug-likeness (QED) is 0.353. The molecule has 0 saturated carbocycles. The molecule has 0 radical (unpaired) electrons. The largest absolute Gasteiger partial charge is 0.457 e. The van der Waals surface area contributed by atoms with Crippen LogP contribution in [0, 0.1) is 22.7 Å². The highest BCUT2D eigenvalue weighted by atomic mass is 16.5. The first-order chi connectivity index (χ1) is 15.2. The summed E-state index contributed by atoms with van der Waals surface area (Å²) in [6.45, 7) is 0. The van der Waals surface area contributed by atoms with Crippen LogP contribution in [0.1, 0.15) is 11.1 Å². The van der Waals surface area contributed by atoms with Crippen LogP contribution in [-0.4, -0.2) is 0 Å². The molecule has 0 amide bonds. The number of nitriles is 2. The van der Waals surface area contributed by atoms with E-state index in [1.54, 1.807) is 30.3 Å². The lowest BCUT2D eigenvalue weighted by Gasteiger charge is -2.14. The highest BCUT2D eigenvalue weighted by molar-refractivity contribution is 5.53. The molecule has 0 atom stereocenters. The maximum atomic E-state index is 9.27. The minimum absolute atomic E-state index is 0.245. The van der Waals surface area contributed by atoms with E-state index in [1.165, 1.54) is 6.07 Å². The van der Waals surface area contributed by atoms with Crippen molar-refractivity contribution >= 4 is 0 Å². The molecule has 0 aliphatic rings. The van der Waals surface area contributed by atoms with Crippen LogP contribution in [0.3, 0.4) is 0 Å². The van der Waals surface area contributed by atoms with E-state index >= 15 is 0 Å². The van der Waals surface area contributed by atoms with Crippen molar-refractivity contribution in [3.05, 3.63) is 108 Å². The number of ether oxygens (including phenoxy) is 3. The summed E-state index contributed by atoms with van der Waals surface area (Å²) >= 11 is 0. The third kappa shape index (κ3) is 4.82. The Morgan fingerprint density at radius 1 is 0.452 bits per heavy atom. The average molecular weight is 404 g/mol. The first kappa shape index (κ1) is 19.6. The maximum Gasteiger partial charge on any atom is 0.173 e. The monoisotopic (exact) mass is 404 g/mol. The minimum atomic E-state index is 0.245. The summed E-state index contributed by atoms with van der Waals surface area (Å²) in [5.74, 6) is 3.24. The molecule has 0 N–H and O–H groups in total. The Bertz CT molecular complexity index is 1270. The minimum Gasteiger partial charge on any atom is -0.457 e. The Balaban J connectivity index is 1.67. The molecule has 0 bridgehead atoms. The van der Waals surface area contributed by atoms with Crippen molar-refractivity contribution in [1.29, 1.82) is 10.5 Å². The van der Waals surface area contributed by atoms with E-state index in [-0.39, 0.29) is 5.56 Å². The molecule has 0 aliphatic heterocycles. The summed E-state index contributed by atoms with van der Waals surface area (Å²) in [5.41, 5.74) is 0.539. The van der Waals surface area contributed by atoms with E-state index in [1.807, 2.05) is 72.8 Å². The van der Waals surface area contributed by atoms with Crippen molar-refractivity contribution in [3.8, 4) is 46.6 Å². The van der Waals surface area contributed by atoms with Crippen LogP contribution < -0.4 is 14.2 Å². The average Bonchev–Trinajstić information content (AvgIpc) is 2.82. The molecule has 0 unspecified atom stereocenters. The molecule has 5 heteroatoms. The van der Waals surface area contributed by atoms with Crippen molar-refractivity contribution in [2.75, 3.05) is 0 Å². The van der Waals surface area contributed by atoms with Crippen LogP contribution in [0.5, 0.6) is 34.5 Å². The molecule has 0 fully saturated rings. The number of nitrogens with zero attached hydrogens (tertiary/aromatic N) is 2. The predicted octanol–water partition coefficient (Wildman–Crippen LogP) is 6.81. The first-order valence-corrected chi connectivity index (χ1v) is 9.47. The molecule has 0 aliphatic carbocycles. The van der Waals surface area contributed by atoms with Crippen molar-refractivity contribution in [2.24, 2.45) is 0 Å². The molecule has 0 saturated heterocycles. The molecule has 4 aromatic rings. The topological polar surface area (TPSA) is 75.3 Å². The lowest BCUT2D eigenvalue weighted by atomic mass is 10.1. The van der Waals surface area contributed by atoms with Crippen LogP contribution in [0.25, 0.3) is 0 Å². The predicted molar refractivity (Wildman–Crippen MR) is 115 cm³/mol. The summed E-state index contributed by atoms with van der Waals surface area (Å²) in [6.07, 6.45) is 0. The number of para-hydroxylation sites is 2. The molecular formula is C26H16N2O3. The molecule has 5 nitrogen and oxygen atoms in total. The second-order valence-corrected chi connectivity index (χ2v) is 6.47. The number of rotatable bonds is 6. The van der Waals surface area contributed by atoms with Gasteiger partial charge in [-0.2, -0.15) is 10.5 Å². The van der Waals surface area contributed by atoms with Crippen molar-refractivity contribution in [3.63, 3.8) is 0 Å². The third-order valence-corrected chi connectivity index (χ3v) is 4.32. The third-order valence-electron chi connectivity index (χ3n) is 4.32. The second kappa shape index (κ2) is 9.17. The summed E-state index contributed by atoms with van der Waals surface area (Å²) in [5, 5.41) is 18.4. The van der Waals surface area contributed by atoms with Gasteiger partial charge in [-0.05, 0) is 54.6 Å². The van der Waals surface area contributed by atoms with Crippen LogP contribution >= 0.6 is 0 Å². The van der Waals surface area contributed by atoms with Gasteiger partial charge >= 0.3 is 0 Å². The van der Waals surface area contributed by atoms with Crippen molar-refractivity contribution < 1.29 is 14.2 Å². The van der Waals surface area contributed by atoms with Gasteiger partial charge in [0.15, 0.2) is 11.5 Å². The van der Waals surface area contributed by atoms with Gasteiger partial charge in [0.2, 0.25) is 0 Å². The molecule has 0 heterocycles. The summed E-state index contributed by atoms with van der Waals surface area (Å²) < 4.78 is 17.9. The van der Waals surface area contributed by atoms with Crippen LogP contribution in [0.15, 0.2) is 97.1 Å². The summed E-state index contributed by atoms with van der Waals surface area (Å²) in [4.78, 5) is 0. The van der Waals surface area contributed by atoms with Gasteiger partial charge in [0.05, 0.1) is 11.1 Å². The Morgan fingerprint density at radius 2 is 1.00 bits per heavy atom. The lowest BCUT2D eigenvalue weighted by Crippen LogP contribution is -1.93. The molecular weight excluding hydrogens is 388 g/mol.